The highest BCUT2D eigenvalue weighted by Crippen LogP contribution is 2.34. The van der Waals surface area contributed by atoms with Crippen LogP contribution >= 0.6 is 0 Å². The minimum absolute atomic E-state index is 0.0878. The van der Waals surface area contributed by atoms with Gasteiger partial charge in [-0.3, -0.25) is 9.59 Å². The van der Waals surface area contributed by atoms with Crippen molar-refractivity contribution in [3.05, 3.63) is 35.9 Å². The van der Waals surface area contributed by atoms with E-state index >= 15 is 0 Å². The second-order valence-corrected chi connectivity index (χ2v) is 10.2. The lowest BCUT2D eigenvalue weighted by molar-refractivity contribution is -0.151. The molecular formula is C22H32N2O6S. The van der Waals surface area contributed by atoms with E-state index in [1.165, 1.54) is 12.5 Å². The topological polar surface area (TPSA) is 102 Å². The SMILES string of the molecule is CC(=O)OCC(=O)N1CCC(NS(C)(=O)=O)[C@@H]1COC1CCC(c2ccccc2)CC1. The fraction of sp³-hybridized carbons (Fsp3) is 0.636. The molecule has 0 aromatic heterocycles. The van der Waals surface area contributed by atoms with Gasteiger partial charge in [-0.25, -0.2) is 13.1 Å². The van der Waals surface area contributed by atoms with Crippen LogP contribution in [0, 0.1) is 0 Å². The normalized spacial score (nSPS) is 26.6. The lowest BCUT2D eigenvalue weighted by atomic mass is 9.83. The number of hydrogen-bond donors (Lipinski definition) is 1. The Balaban J connectivity index is 1.57. The van der Waals surface area contributed by atoms with Crippen molar-refractivity contribution in [2.24, 2.45) is 0 Å². The van der Waals surface area contributed by atoms with Crippen molar-refractivity contribution in [2.45, 2.75) is 63.1 Å². The van der Waals surface area contributed by atoms with E-state index in [2.05, 4.69) is 29.0 Å². The molecule has 0 bridgehead atoms. The van der Waals surface area contributed by atoms with E-state index in [1.54, 1.807) is 4.90 Å². The standard InChI is InChI=1S/C22H32N2O6S/c1-16(25)29-15-22(26)24-13-12-20(23-31(2,27)28)21(24)14-30-19-10-8-18(9-11-19)17-6-4-3-5-7-17/h3-7,18-21,23H,8-15H2,1-2H3/t18?,19?,20?,21-/m0/s1. The molecule has 3 rings (SSSR count). The van der Waals surface area contributed by atoms with Gasteiger partial charge >= 0.3 is 5.97 Å². The second kappa shape index (κ2) is 10.6. The number of esters is 1. The summed E-state index contributed by atoms with van der Waals surface area (Å²) in [5, 5.41) is 0. The van der Waals surface area contributed by atoms with Crippen molar-refractivity contribution in [1.29, 1.82) is 0 Å². The number of carbonyl (C=O) groups is 2. The van der Waals surface area contributed by atoms with Crippen molar-refractivity contribution in [1.82, 2.24) is 9.62 Å². The van der Waals surface area contributed by atoms with Gasteiger partial charge in [0.1, 0.15) is 0 Å². The maximum Gasteiger partial charge on any atom is 0.303 e. The van der Waals surface area contributed by atoms with Crippen LogP contribution in [-0.2, 0) is 29.1 Å². The highest BCUT2D eigenvalue weighted by atomic mass is 32.2. The molecule has 2 fully saturated rings. The molecule has 8 nitrogen and oxygen atoms in total. The van der Waals surface area contributed by atoms with Crippen molar-refractivity contribution >= 4 is 21.9 Å². The minimum atomic E-state index is -3.43. The third kappa shape index (κ3) is 7.02. The maximum absolute atomic E-state index is 12.5. The van der Waals surface area contributed by atoms with E-state index in [1.807, 2.05) is 6.07 Å². The van der Waals surface area contributed by atoms with Crippen LogP contribution in [0.25, 0.3) is 0 Å². The highest BCUT2D eigenvalue weighted by Gasteiger charge is 2.39. The first-order valence-corrected chi connectivity index (χ1v) is 12.7. The Bertz CT molecular complexity index is 852. The smallest absolute Gasteiger partial charge is 0.303 e. The van der Waals surface area contributed by atoms with Crippen molar-refractivity contribution in [3.63, 3.8) is 0 Å². The predicted octanol–water partition coefficient (Wildman–Crippen LogP) is 1.81. The quantitative estimate of drug-likeness (QED) is 0.604. The van der Waals surface area contributed by atoms with Gasteiger partial charge in [-0.1, -0.05) is 30.3 Å². The summed E-state index contributed by atoms with van der Waals surface area (Å²) in [4.78, 5) is 25.2. The Morgan fingerprint density at radius 1 is 1.10 bits per heavy atom. The first-order chi connectivity index (χ1) is 14.7. The molecule has 0 spiro atoms. The largest absolute Gasteiger partial charge is 0.456 e. The first-order valence-electron chi connectivity index (χ1n) is 10.8. The molecule has 31 heavy (non-hydrogen) atoms. The van der Waals surface area contributed by atoms with E-state index < -0.39 is 28.1 Å². The molecule has 1 amide bonds. The van der Waals surface area contributed by atoms with Crippen molar-refractivity contribution < 1.29 is 27.5 Å². The summed E-state index contributed by atoms with van der Waals surface area (Å²) >= 11 is 0. The number of benzene rings is 1. The van der Waals surface area contributed by atoms with Crippen molar-refractivity contribution in [2.75, 3.05) is 26.0 Å². The van der Waals surface area contributed by atoms with Crippen LogP contribution in [-0.4, -0.2) is 69.4 Å². The zero-order valence-corrected chi connectivity index (χ0v) is 19.0. The fourth-order valence-corrected chi connectivity index (χ4v) is 5.38. The van der Waals surface area contributed by atoms with E-state index in [-0.39, 0.29) is 25.2 Å². The van der Waals surface area contributed by atoms with Gasteiger partial charge in [0.2, 0.25) is 10.0 Å². The molecule has 1 unspecified atom stereocenters. The molecule has 2 aliphatic rings. The van der Waals surface area contributed by atoms with Crippen molar-refractivity contribution in [3.8, 4) is 0 Å². The zero-order valence-electron chi connectivity index (χ0n) is 18.2. The van der Waals surface area contributed by atoms with E-state index in [4.69, 9.17) is 9.47 Å². The number of rotatable bonds is 8. The van der Waals surface area contributed by atoms with Gasteiger partial charge in [0.15, 0.2) is 6.61 Å². The molecule has 1 N–H and O–H groups in total. The van der Waals surface area contributed by atoms with Crippen LogP contribution in [0.4, 0.5) is 0 Å². The third-order valence-electron chi connectivity index (χ3n) is 6.08. The highest BCUT2D eigenvalue weighted by molar-refractivity contribution is 7.88. The number of nitrogens with one attached hydrogen (secondary N) is 1. The Labute approximate surface area is 184 Å². The number of ether oxygens (including phenoxy) is 2. The average Bonchev–Trinajstić information content (AvgIpc) is 3.12. The van der Waals surface area contributed by atoms with E-state index in [9.17, 15) is 18.0 Å². The van der Waals surface area contributed by atoms with Crippen LogP contribution in [0.5, 0.6) is 0 Å². The Morgan fingerprint density at radius 3 is 2.39 bits per heavy atom. The Kier molecular flexibility index (Phi) is 8.07. The molecule has 1 aliphatic heterocycles. The van der Waals surface area contributed by atoms with E-state index in [0.717, 1.165) is 31.9 Å². The fourth-order valence-electron chi connectivity index (χ4n) is 4.55. The summed E-state index contributed by atoms with van der Waals surface area (Å²) < 4.78 is 37.2. The van der Waals surface area contributed by atoms with Gasteiger partial charge < -0.3 is 14.4 Å². The van der Waals surface area contributed by atoms with Gasteiger partial charge in [-0.2, -0.15) is 0 Å². The summed E-state index contributed by atoms with van der Waals surface area (Å²) in [5.41, 5.74) is 1.36. The van der Waals surface area contributed by atoms with Crippen LogP contribution < -0.4 is 4.72 Å². The molecule has 1 aliphatic carbocycles. The molecule has 1 aromatic rings. The lowest BCUT2D eigenvalue weighted by Crippen LogP contribution is -2.50. The molecular weight excluding hydrogens is 420 g/mol. The Hall–Kier alpha value is -1.97. The predicted molar refractivity (Wildman–Crippen MR) is 116 cm³/mol. The number of likely N-dealkylation sites (tertiary alicyclic amines) is 1. The summed E-state index contributed by atoms with van der Waals surface area (Å²) in [6.07, 6.45) is 5.63. The summed E-state index contributed by atoms with van der Waals surface area (Å²) in [7, 11) is -3.43. The summed E-state index contributed by atoms with van der Waals surface area (Å²) in [5.74, 6) is -0.329. The number of amides is 1. The van der Waals surface area contributed by atoms with Gasteiger partial charge in [0.05, 0.1) is 25.0 Å². The molecule has 0 radical (unpaired) electrons. The molecule has 1 saturated heterocycles. The lowest BCUT2D eigenvalue weighted by Gasteiger charge is -2.32. The van der Waals surface area contributed by atoms with Crippen LogP contribution in [0.1, 0.15) is 50.5 Å². The summed E-state index contributed by atoms with van der Waals surface area (Å²) in [6, 6.07) is 9.64. The number of nitrogens with zero attached hydrogens (tertiary/aromatic N) is 1. The molecule has 9 heteroatoms. The monoisotopic (exact) mass is 452 g/mol. The molecule has 2 atom stereocenters. The van der Waals surface area contributed by atoms with Gasteiger partial charge in [-0.15, -0.1) is 0 Å². The van der Waals surface area contributed by atoms with Crippen LogP contribution in [0.2, 0.25) is 0 Å². The van der Waals surface area contributed by atoms with E-state index in [0.29, 0.717) is 18.9 Å². The number of sulfonamides is 1. The average molecular weight is 453 g/mol. The van der Waals surface area contributed by atoms with Crippen LogP contribution in [0.15, 0.2) is 30.3 Å². The van der Waals surface area contributed by atoms with Crippen LogP contribution in [0.3, 0.4) is 0 Å². The third-order valence-corrected chi connectivity index (χ3v) is 6.81. The maximum atomic E-state index is 12.5. The minimum Gasteiger partial charge on any atom is -0.456 e. The van der Waals surface area contributed by atoms with Gasteiger partial charge in [0.25, 0.3) is 5.91 Å². The molecule has 1 heterocycles. The molecule has 172 valence electrons. The zero-order chi connectivity index (χ0) is 22.4. The molecule has 1 aromatic carbocycles. The van der Waals surface area contributed by atoms with Gasteiger partial charge in [-0.05, 0) is 43.6 Å². The molecule has 1 saturated carbocycles. The first kappa shape index (κ1) is 23.7. The Morgan fingerprint density at radius 2 is 1.77 bits per heavy atom. The summed E-state index contributed by atoms with van der Waals surface area (Å²) in [6.45, 7) is 1.54. The number of carbonyl (C=O) groups excluding carboxylic acids is 2. The second-order valence-electron chi connectivity index (χ2n) is 8.44. The number of hydrogen-bond acceptors (Lipinski definition) is 6. The van der Waals surface area contributed by atoms with Gasteiger partial charge in [0, 0.05) is 19.5 Å².